The fourth-order valence-corrected chi connectivity index (χ4v) is 2.01. The van der Waals surface area contributed by atoms with Crippen molar-refractivity contribution in [3.05, 3.63) is 146 Å². The molecule has 0 atom stereocenters. The van der Waals surface area contributed by atoms with Crippen LogP contribution in [0.3, 0.4) is 0 Å². The molecule has 0 N–H and O–H groups in total. The van der Waals surface area contributed by atoms with Crippen molar-refractivity contribution in [1.82, 2.24) is 0 Å². The average Bonchev–Trinajstić information content (AvgIpc) is 2.65. The Balaban J connectivity index is 6.36. The van der Waals surface area contributed by atoms with E-state index in [1.165, 1.54) is 0 Å². The Hall–Kier alpha value is -3.12. The van der Waals surface area contributed by atoms with Crippen molar-refractivity contribution in [2.75, 3.05) is 0 Å². The van der Waals surface area contributed by atoms with Gasteiger partial charge in [0.15, 0.2) is 0 Å². The lowest BCUT2D eigenvalue weighted by Crippen LogP contribution is -1.90. The summed E-state index contributed by atoms with van der Waals surface area (Å²) in [6, 6.07) is 0. The predicted molar refractivity (Wildman–Crippen MR) is 121 cm³/mol. The minimum atomic E-state index is 0.959. The van der Waals surface area contributed by atoms with Gasteiger partial charge in [0.25, 0.3) is 0 Å². The zero-order valence-corrected chi connectivity index (χ0v) is 16.2. The van der Waals surface area contributed by atoms with Crippen LogP contribution in [0.15, 0.2) is 146 Å². The molecule has 0 aliphatic rings. The van der Waals surface area contributed by atoms with Crippen molar-refractivity contribution >= 4 is 0 Å². The molecular weight excluding hydrogens is 312 g/mol. The zero-order chi connectivity index (χ0) is 19.9. The highest BCUT2D eigenvalue weighted by Crippen LogP contribution is 2.22. The highest BCUT2D eigenvalue weighted by Gasteiger charge is 2.03. The molecule has 0 spiro atoms. The number of rotatable bonds is 11. The van der Waals surface area contributed by atoms with Crippen LogP contribution in [-0.2, 0) is 0 Å². The molecule has 0 saturated heterocycles. The molecule has 0 aliphatic heterocycles. The van der Waals surface area contributed by atoms with Crippen LogP contribution < -0.4 is 0 Å². The molecule has 0 aromatic carbocycles. The van der Waals surface area contributed by atoms with Gasteiger partial charge in [-0.2, -0.15) is 0 Å². The fraction of sp³-hybridized carbons (Fsp3) is 0.0769. The van der Waals surface area contributed by atoms with Crippen LogP contribution in [0.5, 0.6) is 0 Å². The third kappa shape index (κ3) is 8.12. The van der Waals surface area contributed by atoms with Gasteiger partial charge in [0.2, 0.25) is 0 Å². The zero-order valence-electron chi connectivity index (χ0n) is 16.2. The van der Waals surface area contributed by atoms with Crippen LogP contribution in [0.2, 0.25) is 0 Å². The van der Waals surface area contributed by atoms with Gasteiger partial charge in [0, 0.05) is 0 Å². The van der Waals surface area contributed by atoms with E-state index in [0.717, 1.165) is 33.4 Å². The molecule has 0 nitrogen and oxygen atoms in total. The molecule has 26 heavy (non-hydrogen) atoms. The molecule has 0 rings (SSSR count). The lowest BCUT2D eigenvalue weighted by molar-refractivity contribution is 1.43. The van der Waals surface area contributed by atoms with Crippen molar-refractivity contribution in [3.8, 4) is 0 Å². The average molecular weight is 343 g/mol. The summed E-state index contributed by atoms with van der Waals surface area (Å²) in [7, 11) is 0. The monoisotopic (exact) mass is 342 g/mol. The smallest absolute Gasteiger partial charge is 0.0178 e. The molecule has 0 heteroatoms. The summed E-state index contributed by atoms with van der Waals surface area (Å²) in [6.07, 6.45) is 22.8. The maximum Gasteiger partial charge on any atom is -0.0178 e. The Kier molecular flexibility index (Phi) is 11.6. The quantitative estimate of drug-likeness (QED) is 0.337. The summed E-state index contributed by atoms with van der Waals surface area (Å²) in [5.74, 6) is 0. The second-order valence-corrected chi connectivity index (χ2v) is 5.55. The van der Waals surface area contributed by atoms with Crippen molar-refractivity contribution in [1.29, 1.82) is 0 Å². The van der Waals surface area contributed by atoms with Gasteiger partial charge in [-0.3, -0.25) is 0 Å². The first kappa shape index (κ1) is 22.9. The standard InChI is InChI=1S/C26H30/c1-9-15-25(19-22(8)12-4)26(16-10-2)20-24(14-6)23(13-5)18-17-21(7)11-3/h9-20H,1-6H2,7-8H3/b21-17-,22-19-,23-18+,24-20+,25-15+,26-16+. The van der Waals surface area contributed by atoms with E-state index in [0.29, 0.717) is 0 Å². The summed E-state index contributed by atoms with van der Waals surface area (Å²) >= 11 is 0. The minimum Gasteiger partial charge on any atom is -0.0990 e. The van der Waals surface area contributed by atoms with Crippen LogP contribution in [0.25, 0.3) is 0 Å². The first-order valence-electron chi connectivity index (χ1n) is 8.41. The second-order valence-electron chi connectivity index (χ2n) is 5.55. The molecule has 0 fully saturated rings. The summed E-state index contributed by atoms with van der Waals surface area (Å²) < 4.78 is 0. The van der Waals surface area contributed by atoms with Crippen LogP contribution in [0, 0.1) is 0 Å². The van der Waals surface area contributed by atoms with Gasteiger partial charge in [-0.05, 0) is 42.2 Å². The normalized spacial score (nSPS) is 14.5. The van der Waals surface area contributed by atoms with Crippen molar-refractivity contribution in [3.63, 3.8) is 0 Å². The van der Waals surface area contributed by atoms with E-state index in [2.05, 4.69) is 51.6 Å². The molecule has 134 valence electrons. The second kappa shape index (κ2) is 13.2. The minimum absolute atomic E-state index is 0.959. The number of hydrogen-bond donors (Lipinski definition) is 0. The van der Waals surface area contributed by atoms with Gasteiger partial charge in [0.05, 0.1) is 0 Å². The van der Waals surface area contributed by atoms with Crippen LogP contribution in [-0.4, -0.2) is 0 Å². The third-order valence-electron chi connectivity index (χ3n) is 3.57. The molecular formula is C26H30. The van der Waals surface area contributed by atoms with E-state index in [9.17, 15) is 0 Å². The van der Waals surface area contributed by atoms with Gasteiger partial charge in [-0.15, -0.1) is 0 Å². The van der Waals surface area contributed by atoms with Gasteiger partial charge in [-0.25, -0.2) is 0 Å². The molecule has 0 saturated carbocycles. The molecule has 0 heterocycles. The fourth-order valence-electron chi connectivity index (χ4n) is 2.01. The van der Waals surface area contributed by atoms with Crippen molar-refractivity contribution < 1.29 is 0 Å². The summed E-state index contributed by atoms with van der Waals surface area (Å²) in [4.78, 5) is 0. The highest BCUT2D eigenvalue weighted by atomic mass is 14.1. The van der Waals surface area contributed by atoms with Gasteiger partial charge < -0.3 is 0 Å². The Morgan fingerprint density at radius 1 is 0.462 bits per heavy atom. The van der Waals surface area contributed by atoms with E-state index in [1.54, 1.807) is 12.2 Å². The maximum atomic E-state index is 3.95. The molecule has 0 aromatic heterocycles. The van der Waals surface area contributed by atoms with E-state index in [1.807, 2.05) is 62.5 Å². The van der Waals surface area contributed by atoms with E-state index in [4.69, 9.17) is 0 Å². The SMILES string of the molecule is C=C/C=C(\C=C(\C)C=C)C(/C=C(C=C)/C(C=C)=C/C=C(/C)C=C)=C/C=C. The maximum absolute atomic E-state index is 3.95. The Morgan fingerprint density at radius 2 is 0.962 bits per heavy atom. The first-order valence-corrected chi connectivity index (χ1v) is 8.41. The lowest BCUT2D eigenvalue weighted by Gasteiger charge is -2.09. The van der Waals surface area contributed by atoms with Crippen molar-refractivity contribution in [2.45, 2.75) is 13.8 Å². The van der Waals surface area contributed by atoms with Gasteiger partial charge in [-0.1, -0.05) is 117 Å². The van der Waals surface area contributed by atoms with E-state index >= 15 is 0 Å². The van der Waals surface area contributed by atoms with Crippen molar-refractivity contribution in [2.24, 2.45) is 0 Å². The molecule has 0 unspecified atom stereocenters. The third-order valence-corrected chi connectivity index (χ3v) is 3.57. The molecule has 0 amide bonds. The Bertz CT molecular complexity index is 750. The molecule has 0 aromatic rings. The topological polar surface area (TPSA) is 0 Å². The van der Waals surface area contributed by atoms with Gasteiger partial charge in [0.1, 0.15) is 0 Å². The molecule has 0 radical (unpaired) electrons. The van der Waals surface area contributed by atoms with Crippen LogP contribution >= 0.6 is 0 Å². The van der Waals surface area contributed by atoms with Crippen LogP contribution in [0.4, 0.5) is 0 Å². The molecule has 0 bridgehead atoms. The summed E-state index contributed by atoms with van der Waals surface area (Å²) in [5.41, 5.74) is 6.07. The molecule has 0 aliphatic carbocycles. The lowest BCUT2D eigenvalue weighted by atomic mass is 9.96. The summed E-state index contributed by atoms with van der Waals surface area (Å²) in [5, 5.41) is 0. The predicted octanol–water partition coefficient (Wildman–Crippen LogP) is 7.70. The highest BCUT2D eigenvalue weighted by molar-refractivity contribution is 5.57. The number of allylic oxidation sites excluding steroid dienone is 18. The van der Waals surface area contributed by atoms with E-state index < -0.39 is 0 Å². The first-order chi connectivity index (χ1) is 12.5. The summed E-state index contributed by atoms with van der Waals surface area (Å²) in [6.45, 7) is 27.1. The Morgan fingerprint density at radius 3 is 1.38 bits per heavy atom. The van der Waals surface area contributed by atoms with E-state index in [-0.39, 0.29) is 0 Å². The Labute approximate surface area is 160 Å². The number of hydrogen-bond acceptors (Lipinski definition) is 0. The largest absolute Gasteiger partial charge is 0.0990 e. The van der Waals surface area contributed by atoms with Gasteiger partial charge >= 0.3 is 0 Å². The van der Waals surface area contributed by atoms with Crippen LogP contribution in [0.1, 0.15) is 13.8 Å².